The number of rotatable bonds is 1. The molecule has 0 atom stereocenters. The molecule has 0 fully saturated rings. The van der Waals surface area contributed by atoms with E-state index in [0.29, 0.717) is 6.79 Å². The van der Waals surface area contributed by atoms with Crippen LogP contribution in [0.25, 0.3) is 32.9 Å². The first kappa shape index (κ1) is 16.4. The van der Waals surface area contributed by atoms with Crippen LogP contribution in [-0.4, -0.2) is 11.8 Å². The summed E-state index contributed by atoms with van der Waals surface area (Å²) in [6, 6.07) is 19.1. The van der Waals surface area contributed by atoms with Crippen molar-refractivity contribution >= 4 is 34.1 Å². The van der Waals surface area contributed by atoms with Crippen molar-refractivity contribution in [2.75, 3.05) is 6.79 Å². The van der Waals surface area contributed by atoms with Gasteiger partial charge in [-0.05, 0) is 65.4 Å². The molecule has 6 rings (SSSR count). The molecule has 3 aromatic carbocycles. The molecule has 4 aromatic rings. The van der Waals surface area contributed by atoms with Crippen LogP contribution in [0.4, 0.5) is 0 Å². The van der Waals surface area contributed by atoms with Gasteiger partial charge in [0.25, 0.3) is 0 Å². The van der Waals surface area contributed by atoms with Crippen molar-refractivity contribution in [1.29, 1.82) is 0 Å². The van der Waals surface area contributed by atoms with Gasteiger partial charge in [-0.25, -0.2) is 4.98 Å². The van der Waals surface area contributed by atoms with Crippen molar-refractivity contribution < 1.29 is 9.47 Å². The van der Waals surface area contributed by atoms with Crippen LogP contribution in [-0.2, 0) is 12.8 Å². The Kier molecular flexibility index (Phi) is 3.73. The Balaban J connectivity index is 0.00000160. The van der Waals surface area contributed by atoms with Gasteiger partial charge in [-0.15, -0.1) is 12.4 Å². The van der Waals surface area contributed by atoms with Crippen molar-refractivity contribution in [3.63, 3.8) is 0 Å². The highest BCUT2D eigenvalue weighted by molar-refractivity contribution is 6.09. The van der Waals surface area contributed by atoms with E-state index in [0.717, 1.165) is 41.1 Å². The summed E-state index contributed by atoms with van der Waals surface area (Å²) in [6.07, 6.45) is 3.40. The van der Waals surface area contributed by atoms with E-state index in [-0.39, 0.29) is 12.4 Å². The molecule has 0 N–H and O–H groups in total. The van der Waals surface area contributed by atoms with Crippen molar-refractivity contribution in [3.05, 3.63) is 65.7 Å². The highest BCUT2D eigenvalue weighted by Gasteiger charge is 2.23. The molecule has 1 aliphatic heterocycles. The quantitative estimate of drug-likeness (QED) is 0.400. The molecule has 2 heterocycles. The highest BCUT2D eigenvalue weighted by atomic mass is 35.5. The molecule has 3 nitrogen and oxygen atoms in total. The summed E-state index contributed by atoms with van der Waals surface area (Å²) < 4.78 is 11.0. The minimum atomic E-state index is 0. The first-order valence-corrected chi connectivity index (χ1v) is 9.12. The van der Waals surface area contributed by atoms with Crippen molar-refractivity contribution in [3.8, 4) is 22.8 Å². The Bertz CT molecular complexity index is 1200. The van der Waals surface area contributed by atoms with Crippen LogP contribution >= 0.6 is 12.4 Å². The number of pyridine rings is 1. The zero-order valence-electron chi connectivity index (χ0n) is 14.7. The molecule has 1 aromatic heterocycles. The van der Waals surface area contributed by atoms with E-state index < -0.39 is 0 Å². The highest BCUT2D eigenvalue weighted by Crippen LogP contribution is 2.41. The Morgan fingerprint density at radius 1 is 0.815 bits per heavy atom. The third-order valence-electron chi connectivity index (χ3n) is 5.59. The Morgan fingerprint density at radius 3 is 2.63 bits per heavy atom. The lowest BCUT2D eigenvalue weighted by Gasteiger charge is -2.14. The normalized spacial score (nSPS) is 14.4. The molecule has 0 saturated carbocycles. The number of aromatic nitrogens is 1. The molecule has 0 amide bonds. The molecule has 0 saturated heterocycles. The number of hydrogen-bond acceptors (Lipinski definition) is 3. The molecule has 0 unspecified atom stereocenters. The topological polar surface area (TPSA) is 31.4 Å². The molecule has 0 bridgehead atoms. The molecule has 27 heavy (non-hydrogen) atoms. The lowest BCUT2D eigenvalue weighted by Crippen LogP contribution is -1.96. The third-order valence-corrected chi connectivity index (χ3v) is 5.59. The second kappa shape index (κ2) is 6.14. The van der Waals surface area contributed by atoms with E-state index in [9.17, 15) is 0 Å². The average Bonchev–Trinajstić information content (AvgIpc) is 3.35. The van der Waals surface area contributed by atoms with Crippen LogP contribution in [0.1, 0.15) is 17.5 Å². The SMILES string of the molecule is Cl.c1ccc2c(c1)ccc1nc(-c3ccc4c(c3)OCO4)c3c(c12)CCC3. The van der Waals surface area contributed by atoms with E-state index in [1.54, 1.807) is 0 Å². The Morgan fingerprint density at radius 2 is 1.67 bits per heavy atom. The number of halogens is 1. The van der Waals surface area contributed by atoms with Gasteiger partial charge in [0.2, 0.25) is 6.79 Å². The fourth-order valence-corrected chi connectivity index (χ4v) is 4.42. The number of benzene rings is 3. The second-order valence-electron chi connectivity index (χ2n) is 7.02. The fraction of sp³-hybridized carbons (Fsp3) is 0.174. The van der Waals surface area contributed by atoms with Crippen molar-refractivity contribution in [2.24, 2.45) is 0 Å². The van der Waals surface area contributed by atoms with Gasteiger partial charge in [0.1, 0.15) is 0 Å². The number of ether oxygens (including phenoxy) is 2. The van der Waals surface area contributed by atoms with E-state index in [2.05, 4.69) is 48.5 Å². The summed E-state index contributed by atoms with van der Waals surface area (Å²) in [7, 11) is 0. The van der Waals surface area contributed by atoms with Crippen LogP contribution in [0.15, 0.2) is 54.6 Å². The maximum Gasteiger partial charge on any atom is 0.231 e. The van der Waals surface area contributed by atoms with Gasteiger partial charge in [-0.1, -0.05) is 30.3 Å². The summed E-state index contributed by atoms with van der Waals surface area (Å²) >= 11 is 0. The van der Waals surface area contributed by atoms with Crippen LogP contribution in [0.2, 0.25) is 0 Å². The van der Waals surface area contributed by atoms with Gasteiger partial charge in [-0.2, -0.15) is 0 Å². The zero-order valence-corrected chi connectivity index (χ0v) is 15.5. The van der Waals surface area contributed by atoms with Gasteiger partial charge in [0.05, 0.1) is 11.2 Å². The Hall–Kier alpha value is -2.78. The second-order valence-corrected chi connectivity index (χ2v) is 7.02. The fourth-order valence-electron chi connectivity index (χ4n) is 4.42. The number of fused-ring (bicyclic) bond motifs is 6. The van der Waals surface area contributed by atoms with E-state index >= 15 is 0 Å². The monoisotopic (exact) mass is 375 g/mol. The molecule has 134 valence electrons. The number of aryl methyl sites for hydroxylation is 1. The van der Waals surface area contributed by atoms with Crippen LogP contribution in [0, 0.1) is 0 Å². The first-order chi connectivity index (χ1) is 12.9. The van der Waals surface area contributed by atoms with Crippen LogP contribution < -0.4 is 9.47 Å². The van der Waals surface area contributed by atoms with Crippen LogP contribution in [0.5, 0.6) is 11.5 Å². The molecular formula is C23H18ClNO2. The maximum absolute atomic E-state index is 5.58. The van der Waals surface area contributed by atoms with Gasteiger partial charge in [0, 0.05) is 10.9 Å². The van der Waals surface area contributed by atoms with Crippen molar-refractivity contribution in [1.82, 2.24) is 4.98 Å². The number of hydrogen-bond donors (Lipinski definition) is 0. The summed E-state index contributed by atoms with van der Waals surface area (Å²) in [5.74, 6) is 1.63. The van der Waals surface area contributed by atoms with Gasteiger partial charge in [0.15, 0.2) is 11.5 Å². The largest absolute Gasteiger partial charge is 0.454 e. The van der Waals surface area contributed by atoms with E-state index in [1.165, 1.54) is 33.7 Å². The summed E-state index contributed by atoms with van der Waals surface area (Å²) in [6.45, 7) is 0.300. The standard InChI is InChI=1S/C23H17NO2.ClH/c1-2-5-16-14(4-1)8-10-19-22(16)17-6-3-7-18(17)23(24-19)15-9-11-20-21(12-15)26-13-25-20;/h1-2,4-5,8-12H,3,6-7,13H2;1H. The Labute approximate surface area is 163 Å². The summed E-state index contributed by atoms with van der Waals surface area (Å²) in [5, 5.41) is 3.93. The molecule has 1 aliphatic carbocycles. The smallest absolute Gasteiger partial charge is 0.231 e. The maximum atomic E-state index is 5.58. The first-order valence-electron chi connectivity index (χ1n) is 9.12. The lowest BCUT2D eigenvalue weighted by molar-refractivity contribution is 0.174. The van der Waals surface area contributed by atoms with Gasteiger partial charge in [-0.3, -0.25) is 0 Å². The van der Waals surface area contributed by atoms with E-state index in [1.807, 2.05) is 6.07 Å². The summed E-state index contributed by atoms with van der Waals surface area (Å²) in [4.78, 5) is 5.10. The average molecular weight is 376 g/mol. The molecule has 0 spiro atoms. The molecule has 4 heteroatoms. The predicted molar refractivity (Wildman–Crippen MR) is 110 cm³/mol. The van der Waals surface area contributed by atoms with Crippen LogP contribution in [0.3, 0.4) is 0 Å². The van der Waals surface area contributed by atoms with Gasteiger partial charge < -0.3 is 9.47 Å². The third kappa shape index (κ3) is 2.38. The molecular weight excluding hydrogens is 358 g/mol. The predicted octanol–water partition coefficient (Wildman–Crippen LogP) is 5.69. The summed E-state index contributed by atoms with van der Waals surface area (Å²) in [5.41, 5.74) is 6.16. The lowest BCUT2D eigenvalue weighted by atomic mass is 9.95. The molecule has 2 aliphatic rings. The molecule has 0 radical (unpaired) electrons. The number of nitrogens with zero attached hydrogens (tertiary/aromatic N) is 1. The zero-order chi connectivity index (χ0) is 17.1. The minimum absolute atomic E-state index is 0. The van der Waals surface area contributed by atoms with Crippen molar-refractivity contribution in [2.45, 2.75) is 19.3 Å². The van der Waals surface area contributed by atoms with E-state index in [4.69, 9.17) is 14.5 Å². The minimum Gasteiger partial charge on any atom is -0.454 e. The van der Waals surface area contributed by atoms with Gasteiger partial charge >= 0.3 is 0 Å².